The van der Waals surface area contributed by atoms with Crippen LogP contribution in [0.25, 0.3) is 55.3 Å². The van der Waals surface area contributed by atoms with Gasteiger partial charge in [-0.25, -0.2) is 9.97 Å². The molecule has 0 atom stereocenters. The van der Waals surface area contributed by atoms with Crippen molar-refractivity contribution in [3.05, 3.63) is 66.1 Å². The van der Waals surface area contributed by atoms with Gasteiger partial charge in [-0.1, -0.05) is 12.1 Å². The summed E-state index contributed by atoms with van der Waals surface area (Å²) in [6, 6.07) is 14.9. The number of nitrogens with one attached hydrogen (secondary N) is 2. The lowest BCUT2D eigenvalue weighted by atomic mass is 10.1. The van der Waals surface area contributed by atoms with Gasteiger partial charge in [0.15, 0.2) is 16.6 Å². The smallest absolute Gasteiger partial charge is 0.176 e. The average Bonchev–Trinajstić information content (AvgIpc) is 3.61. The summed E-state index contributed by atoms with van der Waals surface area (Å²) in [6.45, 7) is 1.39. The topological polar surface area (TPSA) is 95.6 Å². The molecule has 5 heterocycles. The second kappa shape index (κ2) is 9.14. The number of hydrogen-bond donors (Lipinski definition) is 2. The molecule has 0 saturated carbocycles. The van der Waals surface area contributed by atoms with Crippen LogP contribution in [0.4, 0.5) is 4.39 Å². The van der Waals surface area contributed by atoms with E-state index in [4.69, 9.17) is 14.7 Å². The second-order valence-electron chi connectivity index (χ2n) is 8.62. The van der Waals surface area contributed by atoms with Crippen molar-refractivity contribution in [1.29, 1.82) is 0 Å². The number of likely N-dealkylation sites (N-methyl/N-ethyl adjacent to an activating group) is 1. The molecule has 0 spiro atoms. The lowest BCUT2D eigenvalue weighted by Crippen LogP contribution is -2.19. The number of H-pyrrole nitrogens is 2. The highest BCUT2D eigenvalue weighted by atomic mass is 32.1. The molecule has 8 nitrogen and oxygen atoms in total. The molecule has 0 bridgehead atoms. The third-order valence-electron chi connectivity index (χ3n) is 5.80. The van der Waals surface area contributed by atoms with E-state index in [0.29, 0.717) is 29.4 Å². The maximum Gasteiger partial charge on any atom is 0.176 e. The molecule has 0 aliphatic carbocycles. The van der Waals surface area contributed by atoms with Gasteiger partial charge < -0.3 is 14.6 Å². The van der Waals surface area contributed by atoms with E-state index in [-0.39, 0.29) is 5.13 Å². The first kappa shape index (κ1) is 22.3. The molecular formula is C26H22FN7OS. The van der Waals surface area contributed by atoms with Gasteiger partial charge in [-0.2, -0.15) is 9.49 Å². The zero-order valence-corrected chi connectivity index (χ0v) is 20.4. The molecule has 0 saturated heterocycles. The number of aromatic amines is 2. The van der Waals surface area contributed by atoms with Crippen LogP contribution >= 0.6 is 11.3 Å². The van der Waals surface area contributed by atoms with Crippen LogP contribution in [-0.2, 0) is 0 Å². The summed E-state index contributed by atoms with van der Waals surface area (Å²) in [5, 5.41) is 7.31. The van der Waals surface area contributed by atoms with E-state index in [9.17, 15) is 4.39 Å². The van der Waals surface area contributed by atoms with Crippen LogP contribution < -0.4 is 4.74 Å². The second-order valence-corrected chi connectivity index (χ2v) is 9.65. The fraction of sp³-hybridized carbons (Fsp3) is 0.154. The van der Waals surface area contributed by atoms with Crippen LogP contribution in [0.15, 0.2) is 60.9 Å². The molecule has 2 N–H and O–H groups in total. The Hall–Kier alpha value is -4.15. The average molecular weight is 500 g/mol. The highest BCUT2D eigenvalue weighted by Crippen LogP contribution is 2.34. The largest absolute Gasteiger partial charge is 0.491 e. The van der Waals surface area contributed by atoms with E-state index in [1.807, 2.05) is 50.5 Å². The molecule has 0 amide bonds. The van der Waals surface area contributed by atoms with Crippen molar-refractivity contribution in [3.8, 4) is 39.0 Å². The molecule has 0 fully saturated rings. The number of fused-ring (bicyclic) bond motifs is 2. The van der Waals surface area contributed by atoms with E-state index >= 15 is 0 Å². The minimum Gasteiger partial charge on any atom is -0.491 e. The van der Waals surface area contributed by atoms with Crippen molar-refractivity contribution < 1.29 is 9.13 Å². The van der Waals surface area contributed by atoms with Crippen molar-refractivity contribution in [1.82, 2.24) is 35.0 Å². The monoisotopic (exact) mass is 499 g/mol. The van der Waals surface area contributed by atoms with Crippen LogP contribution in [0, 0.1) is 5.13 Å². The maximum absolute atomic E-state index is 13.7. The Bertz CT molecular complexity index is 1690. The summed E-state index contributed by atoms with van der Waals surface area (Å²) in [7, 11) is 4.01. The molecule has 0 aliphatic rings. The third kappa shape index (κ3) is 4.21. The minimum absolute atomic E-state index is 0.227. The Morgan fingerprint density at radius 3 is 2.75 bits per heavy atom. The number of pyridine rings is 2. The van der Waals surface area contributed by atoms with Gasteiger partial charge in [0, 0.05) is 28.7 Å². The van der Waals surface area contributed by atoms with Crippen LogP contribution in [0.3, 0.4) is 0 Å². The van der Waals surface area contributed by atoms with Crippen molar-refractivity contribution in [2.24, 2.45) is 0 Å². The highest BCUT2D eigenvalue weighted by Gasteiger charge is 2.17. The Morgan fingerprint density at radius 2 is 1.92 bits per heavy atom. The number of halogens is 1. The van der Waals surface area contributed by atoms with E-state index in [1.165, 1.54) is 6.07 Å². The minimum atomic E-state index is -0.227. The fourth-order valence-corrected chi connectivity index (χ4v) is 4.77. The van der Waals surface area contributed by atoms with Crippen LogP contribution in [0.5, 0.6) is 5.75 Å². The summed E-state index contributed by atoms with van der Waals surface area (Å²) >= 11 is 1.10. The Labute approximate surface area is 209 Å². The summed E-state index contributed by atoms with van der Waals surface area (Å²) in [5.74, 6) is 1.28. The van der Waals surface area contributed by atoms with Gasteiger partial charge in [0.05, 0.1) is 28.4 Å². The number of ether oxygens (including phenoxy) is 1. The maximum atomic E-state index is 13.7. The Balaban J connectivity index is 1.37. The van der Waals surface area contributed by atoms with Crippen molar-refractivity contribution in [2.45, 2.75) is 0 Å². The molecule has 6 aromatic rings. The quantitative estimate of drug-likeness (QED) is 0.307. The summed E-state index contributed by atoms with van der Waals surface area (Å²) < 4.78 is 19.5. The predicted octanol–water partition coefficient (Wildman–Crippen LogP) is 5.37. The van der Waals surface area contributed by atoms with Gasteiger partial charge in [-0.15, -0.1) is 11.3 Å². The van der Waals surface area contributed by atoms with E-state index < -0.39 is 0 Å². The van der Waals surface area contributed by atoms with Gasteiger partial charge >= 0.3 is 0 Å². The number of para-hydroxylation sites is 1. The molecule has 0 aliphatic heterocycles. The molecule has 36 heavy (non-hydrogen) atoms. The fourth-order valence-electron chi connectivity index (χ4n) is 4.01. The van der Waals surface area contributed by atoms with Crippen LogP contribution in [0.1, 0.15) is 0 Å². The normalized spacial score (nSPS) is 11.7. The number of nitrogens with zero attached hydrogens (tertiary/aromatic N) is 5. The van der Waals surface area contributed by atoms with Gasteiger partial charge in [0.2, 0.25) is 0 Å². The van der Waals surface area contributed by atoms with Crippen molar-refractivity contribution in [3.63, 3.8) is 0 Å². The molecule has 180 valence electrons. The number of thiophene rings is 1. The molecule has 6 rings (SSSR count). The standard InChI is InChI=1S/C26H22FN7OS/c1-34(2)10-11-35-16-12-15(13-28-14-16)18-6-7-20-24(29-18)25(33-32-20)26-30-19-5-3-4-17(23(19)31-26)21-8-9-22(27)36-21/h3-9,12-14H,10-11H2,1-2H3,(H,30,31)(H,32,33). The predicted molar refractivity (Wildman–Crippen MR) is 140 cm³/mol. The van der Waals surface area contributed by atoms with Gasteiger partial charge in [0.25, 0.3) is 0 Å². The summed E-state index contributed by atoms with van der Waals surface area (Å²) in [4.78, 5) is 20.3. The molecule has 1 aromatic carbocycles. The molecule has 0 radical (unpaired) electrons. The Morgan fingerprint density at radius 1 is 1.00 bits per heavy atom. The van der Waals surface area contributed by atoms with E-state index in [0.717, 1.165) is 56.1 Å². The number of benzene rings is 1. The number of hydrogen-bond acceptors (Lipinski definition) is 7. The SMILES string of the molecule is CN(C)CCOc1cncc(-c2ccc3[nH]nc(-c4nc5c(-c6ccc(F)s6)cccc5[nH]4)c3n2)c1. The number of imidazole rings is 1. The van der Waals surface area contributed by atoms with Gasteiger partial charge in [0.1, 0.15) is 17.9 Å². The molecule has 5 aromatic heterocycles. The van der Waals surface area contributed by atoms with Gasteiger partial charge in [-0.05, 0) is 50.5 Å². The van der Waals surface area contributed by atoms with Crippen molar-refractivity contribution >= 4 is 33.4 Å². The van der Waals surface area contributed by atoms with Gasteiger partial charge in [-0.3, -0.25) is 10.1 Å². The third-order valence-corrected chi connectivity index (χ3v) is 6.71. The molecule has 0 unspecified atom stereocenters. The summed E-state index contributed by atoms with van der Waals surface area (Å²) in [5.41, 5.74) is 6.16. The van der Waals surface area contributed by atoms with Crippen molar-refractivity contribution in [2.75, 3.05) is 27.2 Å². The van der Waals surface area contributed by atoms with E-state index in [2.05, 4.69) is 25.1 Å². The summed E-state index contributed by atoms with van der Waals surface area (Å²) in [6.07, 6.45) is 3.47. The first-order valence-corrected chi connectivity index (χ1v) is 12.2. The lowest BCUT2D eigenvalue weighted by molar-refractivity contribution is 0.261. The first-order chi connectivity index (χ1) is 17.5. The van der Waals surface area contributed by atoms with Crippen LogP contribution in [0.2, 0.25) is 0 Å². The zero-order chi connectivity index (χ0) is 24.6. The highest BCUT2D eigenvalue weighted by molar-refractivity contribution is 7.14. The lowest BCUT2D eigenvalue weighted by Gasteiger charge is -2.11. The number of rotatable bonds is 7. The molecule has 10 heteroatoms. The van der Waals surface area contributed by atoms with Crippen LogP contribution in [-0.4, -0.2) is 62.3 Å². The number of aromatic nitrogens is 6. The van der Waals surface area contributed by atoms with E-state index in [1.54, 1.807) is 18.5 Å². The zero-order valence-electron chi connectivity index (χ0n) is 19.6. The Kier molecular flexibility index (Phi) is 5.67. The molecular weight excluding hydrogens is 477 g/mol. The first-order valence-electron chi connectivity index (χ1n) is 11.4.